The molecule has 0 bridgehead atoms. The van der Waals surface area contributed by atoms with Crippen LogP contribution in [0.5, 0.6) is 5.75 Å². The second-order valence-electron chi connectivity index (χ2n) is 4.38. The van der Waals surface area contributed by atoms with Gasteiger partial charge in [0.1, 0.15) is 10.6 Å². The average Bonchev–Trinajstić information content (AvgIpc) is 2.46. The number of carbonyl (C=O) groups is 1. The number of anilines is 1. The van der Waals surface area contributed by atoms with Gasteiger partial charge in [-0.3, -0.25) is 4.79 Å². The summed E-state index contributed by atoms with van der Waals surface area (Å²) in [6.45, 7) is 0. The molecule has 2 rings (SSSR count). The number of sulfonamides is 1. The molecule has 0 radical (unpaired) electrons. The molecule has 22 heavy (non-hydrogen) atoms. The SMILES string of the molecule is COc1cc(NC(=O)c2cccc(I)c2)ccc1S(N)(=O)=O. The minimum atomic E-state index is -3.89. The van der Waals surface area contributed by atoms with Gasteiger partial charge in [-0.2, -0.15) is 0 Å². The Labute approximate surface area is 141 Å². The van der Waals surface area contributed by atoms with Crippen molar-refractivity contribution in [1.29, 1.82) is 0 Å². The normalized spacial score (nSPS) is 11.0. The molecule has 6 nitrogen and oxygen atoms in total. The molecule has 2 aromatic rings. The second kappa shape index (κ2) is 6.63. The highest BCUT2D eigenvalue weighted by molar-refractivity contribution is 14.1. The maximum absolute atomic E-state index is 12.1. The number of hydrogen-bond acceptors (Lipinski definition) is 4. The van der Waals surface area contributed by atoms with Gasteiger partial charge in [-0.05, 0) is 52.9 Å². The summed E-state index contributed by atoms with van der Waals surface area (Å²) in [4.78, 5) is 12.0. The zero-order chi connectivity index (χ0) is 16.3. The predicted molar refractivity (Wildman–Crippen MR) is 91.5 cm³/mol. The Morgan fingerprint density at radius 1 is 1.23 bits per heavy atom. The summed E-state index contributed by atoms with van der Waals surface area (Å²) in [5.41, 5.74) is 0.912. The van der Waals surface area contributed by atoms with Crippen molar-refractivity contribution in [3.8, 4) is 5.75 Å². The fourth-order valence-electron chi connectivity index (χ4n) is 1.81. The Kier molecular flexibility index (Phi) is 5.04. The molecule has 8 heteroatoms. The molecular formula is C14H13IN2O4S. The van der Waals surface area contributed by atoms with Crippen LogP contribution in [-0.4, -0.2) is 21.4 Å². The van der Waals surface area contributed by atoms with Gasteiger partial charge in [-0.1, -0.05) is 6.07 Å². The molecule has 0 spiro atoms. The molecule has 0 aliphatic heterocycles. The number of nitrogens with one attached hydrogen (secondary N) is 1. The van der Waals surface area contributed by atoms with Gasteiger partial charge in [0.05, 0.1) is 7.11 Å². The van der Waals surface area contributed by atoms with E-state index in [0.717, 1.165) is 3.57 Å². The first-order chi connectivity index (χ1) is 10.3. The topological polar surface area (TPSA) is 98.5 Å². The number of rotatable bonds is 4. The third-order valence-electron chi connectivity index (χ3n) is 2.81. The molecule has 0 saturated carbocycles. The first kappa shape index (κ1) is 16.7. The average molecular weight is 432 g/mol. The molecule has 0 fully saturated rings. The number of ether oxygens (including phenoxy) is 1. The van der Waals surface area contributed by atoms with E-state index in [2.05, 4.69) is 27.9 Å². The fraction of sp³-hybridized carbons (Fsp3) is 0.0714. The summed E-state index contributed by atoms with van der Waals surface area (Å²) in [6.07, 6.45) is 0. The Balaban J connectivity index is 2.29. The molecule has 0 heterocycles. The van der Waals surface area contributed by atoms with Crippen LogP contribution >= 0.6 is 22.6 Å². The highest BCUT2D eigenvalue weighted by atomic mass is 127. The highest BCUT2D eigenvalue weighted by Gasteiger charge is 2.16. The summed E-state index contributed by atoms with van der Waals surface area (Å²) in [7, 11) is -2.56. The van der Waals surface area contributed by atoms with Gasteiger partial charge in [-0.25, -0.2) is 13.6 Å². The van der Waals surface area contributed by atoms with Crippen LogP contribution in [0.25, 0.3) is 0 Å². The van der Waals surface area contributed by atoms with Crippen molar-refractivity contribution in [3.05, 3.63) is 51.6 Å². The molecule has 116 valence electrons. The summed E-state index contributed by atoms with van der Waals surface area (Å²) in [5, 5.41) is 7.78. The van der Waals surface area contributed by atoms with Crippen LogP contribution in [0, 0.1) is 3.57 Å². The lowest BCUT2D eigenvalue weighted by Crippen LogP contribution is -2.15. The van der Waals surface area contributed by atoms with Crippen LogP contribution in [0.15, 0.2) is 47.4 Å². The summed E-state index contributed by atoms with van der Waals surface area (Å²) in [5.74, 6) is -0.230. The minimum Gasteiger partial charge on any atom is -0.495 e. The van der Waals surface area contributed by atoms with Gasteiger partial charge >= 0.3 is 0 Å². The molecule has 3 N–H and O–H groups in total. The summed E-state index contributed by atoms with van der Waals surface area (Å²) in [6, 6.07) is 11.2. The third kappa shape index (κ3) is 3.96. The van der Waals surface area contributed by atoms with Crippen LogP contribution in [0.1, 0.15) is 10.4 Å². The number of nitrogens with two attached hydrogens (primary N) is 1. The lowest BCUT2D eigenvalue weighted by atomic mass is 10.2. The van der Waals surface area contributed by atoms with Crippen LogP contribution in [0.2, 0.25) is 0 Å². The Morgan fingerprint density at radius 3 is 2.55 bits per heavy atom. The number of amides is 1. The quantitative estimate of drug-likeness (QED) is 0.724. The largest absolute Gasteiger partial charge is 0.495 e. The number of benzene rings is 2. The van der Waals surface area contributed by atoms with Crippen molar-refractivity contribution in [2.24, 2.45) is 5.14 Å². The first-order valence-electron chi connectivity index (χ1n) is 6.09. The van der Waals surface area contributed by atoms with E-state index in [4.69, 9.17) is 9.88 Å². The minimum absolute atomic E-state index is 0.0722. The van der Waals surface area contributed by atoms with Crippen LogP contribution in [0.3, 0.4) is 0 Å². The number of hydrogen-bond donors (Lipinski definition) is 2. The van der Waals surface area contributed by atoms with E-state index in [0.29, 0.717) is 11.3 Å². The van der Waals surface area contributed by atoms with E-state index >= 15 is 0 Å². The molecule has 0 unspecified atom stereocenters. The predicted octanol–water partition coefficient (Wildman–Crippen LogP) is 2.20. The second-order valence-corrected chi connectivity index (χ2v) is 7.15. The van der Waals surface area contributed by atoms with Crippen LogP contribution in [-0.2, 0) is 10.0 Å². The monoisotopic (exact) mass is 432 g/mol. The van der Waals surface area contributed by atoms with Crippen LogP contribution in [0.4, 0.5) is 5.69 Å². The van der Waals surface area contributed by atoms with E-state index in [1.165, 1.54) is 25.3 Å². The molecule has 0 aliphatic rings. The van der Waals surface area contributed by atoms with Crippen molar-refractivity contribution in [1.82, 2.24) is 0 Å². The van der Waals surface area contributed by atoms with Gasteiger partial charge in [0, 0.05) is 20.9 Å². The molecule has 0 saturated heterocycles. The molecule has 2 aromatic carbocycles. The molecule has 0 atom stereocenters. The lowest BCUT2D eigenvalue weighted by Gasteiger charge is -2.10. The van der Waals surface area contributed by atoms with E-state index in [1.54, 1.807) is 18.2 Å². The molecule has 1 amide bonds. The summed E-state index contributed by atoms with van der Waals surface area (Å²) < 4.78 is 28.8. The maximum atomic E-state index is 12.1. The number of primary sulfonamides is 1. The number of halogens is 1. The van der Waals surface area contributed by atoms with Gasteiger partial charge in [-0.15, -0.1) is 0 Å². The fourth-order valence-corrected chi connectivity index (χ4v) is 3.04. The maximum Gasteiger partial charge on any atom is 0.255 e. The van der Waals surface area contributed by atoms with Gasteiger partial charge in [0.2, 0.25) is 10.0 Å². The van der Waals surface area contributed by atoms with Crippen molar-refractivity contribution in [3.63, 3.8) is 0 Å². The van der Waals surface area contributed by atoms with E-state index < -0.39 is 10.0 Å². The number of methoxy groups -OCH3 is 1. The van der Waals surface area contributed by atoms with Gasteiger partial charge < -0.3 is 10.1 Å². The Morgan fingerprint density at radius 2 is 1.95 bits per heavy atom. The zero-order valence-electron chi connectivity index (χ0n) is 11.5. The van der Waals surface area contributed by atoms with Crippen LogP contribution < -0.4 is 15.2 Å². The van der Waals surface area contributed by atoms with Crippen molar-refractivity contribution in [2.75, 3.05) is 12.4 Å². The lowest BCUT2D eigenvalue weighted by molar-refractivity contribution is 0.102. The number of carbonyl (C=O) groups excluding carboxylic acids is 1. The van der Waals surface area contributed by atoms with Gasteiger partial charge in [0.15, 0.2) is 0 Å². The first-order valence-corrected chi connectivity index (χ1v) is 8.71. The van der Waals surface area contributed by atoms with Crippen molar-refractivity contribution >= 4 is 44.2 Å². The van der Waals surface area contributed by atoms with E-state index in [9.17, 15) is 13.2 Å². The molecular weight excluding hydrogens is 419 g/mol. The van der Waals surface area contributed by atoms with Gasteiger partial charge in [0.25, 0.3) is 5.91 Å². The van der Waals surface area contributed by atoms with Crippen molar-refractivity contribution in [2.45, 2.75) is 4.90 Å². The highest BCUT2D eigenvalue weighted by Crippen LogP contribution is 2.26. The molecule has 0 aromatic heterocycles. The third-order valence-corrected chi connectivity index (χ3v) is 4.44. The molecule has 0 aliphatic carbocycles. The van der Waals surface area contributed by atoms with Crippen molar-refractivity contribution < 1.29 is 17.9 Å². The Hall–Kier alpha value is -1.65. The zero-order valence-corrected chi connectivity index (χ0v) is 14.5. The standard InChI is InChI=1S/C14H13IN2O4S/c1-21-12-8-11(5-6-13(12)22(16,19)20)17-14(18)9-3-2-4-10(15)7-9/h2-8H,1H3,(H,17,18)(H2,16,19,20). The van der Waals surface area contributed by atoms with E-state index in [-0.39, 0.29) is 16.6 Å². The van der Waals surface area contributed by atoms with E-state index in [1.807, 2.05) is 6.07 Å². The summed E-state index contributed by atoms with van der Waals surface area (Å²) >= 11 is 2.11. The Bertz CT molecular complexity index is 821. The smallest absolute Gasteiger partial charge is 0.255 e.